The number of nitrogens with zero attached hydrogens (tertiary/aromatic N) is 3. The van der Waals surface area contributed by atoms with Crippen LogP contribution in [0.5, 0.6) is 0 Å². The van der Waals surface area contributed by atoms with Crippen LogP contribution in [0.1, 0.15) is 25.7 Å². The summed E-state index contributed by atoms with van der Waals surface area (Å²) in [5.74, 6) is 2.82. The van der Waals surface area contributed by atoms with Gasteiger partial charge in [-0.05, 0) is 56.7 Å². The molecule has 0 aliphatic carbocycles. The Morgan fingerprint density at radius 2 is 2.00 bits per heavy atom. The van der Waals surface area contributed by atoms with E-state index in [-0.39, 0.29) is 0 Å². The Morgan fingerprint density at radius 3 is 2.90 bits per heavy atom. The lowest BCUT2D eigenvalue weighted by molar-refractivity contribution is 0.229. The number of H-pyrrole nitrogens is 1. The molecule has 0 spiro atoms. The lowest BCUT2D eigenvalue weighted by Crippen LogP contribution is -2.42. The van der Waals surface area contributed by atoms with Gasteiger partial charge in [0.2, 0.25) is 0 Å². The molecule has 2 saturated heterocycles. The first-order chi connectivity index (χ1) is 10.4. The number of hydrogen-bond donors (Lipinski definition) is 2. The second kappa shape index (κ2) is 5.64. The normalized spacial score (nSPS) is 24.6. The highest BCUT2D eigenvalue weighted by Crippen LogP contribution is 2.33. The van der Waals surface area contributed by atoms with Crippen LogP contribution < -0.4 is 10.2 Å². The van der Waals surface area contributed by atoms with Crippen molar-refractivity contribution >= 4 is 16.9 Å². The molecule has 0 bridgehead atoms. The Balaban J connectivity index is 1.56. The van der Waals surface area contributed by atoms with Gasteiger partial charge in [-0.15, -0.1) is 0 Å². The lowest BCUT2D eigenvalue weighted by Gasteiger charge is -2.39. The first-order valence-electron chi connectivity index (χ1n) is 8.15. The summed E-state index contributed by atoms with van der Waals surface area (Å²) in [4.78, 5) is 14.5. The fourth-order valence-corrected chi connectivity index (χ4v) is 4.01. The zero-order chi connectivity index (χ0) is 14.1. The van der Waals surface area contributed by atoms with E-state index in [0.29, 0.717) is 0 Å². The van der Waals surface area contributed by atoms with E-state index in [4.69, 9.17) is 0 Å². The molecule has 0 aromatic carbocycles. The van der Waals surface area contributed by atoms with Gasteiger partial charge in [-0.1, -0.05) is 0 Å². The summed E-state index contributed by atoms with van der Waals surface area (Å²) in [6.07, 6.45) is 8.97. The summed E-state index contributed by atoms with van der Waals surface area (Å²) in [6.45, 7) is 4.66. The van der Waals surface area contributed by atoms with Gasteiger partial charge in [-0.3, -0.25) is 0 Å². The van der Waals surface area contributed by atoms with Crippen LogP contribution in [-0.4, -0.2) is 41.1 Å². The van der Waals surface area contributed by atoms with Gasteiger partial charge < -0.3 is 15.2 Å². The van der Waals surface area contributed by atoms with E-state index in [2.05, 4.69) is 31.2 Å². The molecule has 112 valence electrons. The fraction of sp³-hybridized carbons (Fsp3) is 0.625. The van der Waals surface area contributed by atoms with Crippen LogP contribution in [0.15, 0.2) is 18.6 Å². The fourth-order valence-electron chi connectivity index (χ4n) is 4.01. The van der Waals surface area contributed by atoms with E-state index in [9.17, 15) is 0 Å². The molecule has 1 atom stereocenters. The second-order valence-corrected chi connectivity index (χ2v) is 6.37. The third-order valence-electron chi connectivity index (χ3n) is 5.14. The summed E-state index contributed by atoms with van der Waals surface area (Å²) in [7, 11) is 0. The Labute approximate surface area is 125 Å². The molecule has 2 aromatic heterocycles. The van der Waals surface area contributed by atoms with Crippen LogP contribution in [0, 0.1) is 11.8 Å². The van der Waals surface area contributed by atoms with E-state index >= 15 is 0 Å². The SMILES string of the molecule is c1nc(N2CCCC(C3CCNCC3)C2)c2cc[nH]c2n1. The second-order valence-electron chi connectivity index (χ2n) is 6.37. The van der Waals surface area contributed by atoms with Crippen molar-refractivity contribution in [2.75, 3.05) is 31.1 Å². The third-order valence-corrected chi connectivity index (χ3v) is 5.14. The first-order valence-corrected chi connectivity index (χ1v) is 8.15. The molecule has 5 heteroatoms. The summed E-state index contributed by atoms with van der Waals surface area (Å²) in [5.41, 5.74) is 0.948. The van der Waals surface area contributed by atoms with Crippen molar-refractivity contribution in [1.29, 1.82) is 0 Å². The Hall–Kier alpha value is -1.62. The van der Waals surface area contributed by atoms with Crippen LogP contribution in [-0.2, 0) is 0 Å². The summed E-state index contributed by atoms with van der Waals surface area (Å²) >= 11 is 0. The predicted molar refractivity (Wildman–Crippen MR) is 84.4 cm³/mol. The van der Waals surface area contributed by atoms with E-state index < -0.39 is 0 Å². The van der Waals surface area contributed by atoms with E-state index in [1.807, 2.05) is 6.20 Å². The van der Waals surface area contributed by atoms with Crippen molar-refractivity contribution in [3.63, 3.8) is 0 Å². The van der Waals surface area contributed by atoms with Gasteiger partial charge in [0.05, 0.1) is 5.39 Å². The molecule has 1 unspecified atom stereocenters. The zero-order valence-electron chi connectivity index (χ0n) is 12.4. The molecule has 2 aliphatic rings. The van der Waals surface area contributed by atoms with Crippen LogP contribution >= 0.6 is 0 Å². The van der Waals surface area contributed by atoms with E-state index in [0.717, 1.165) is 41.8 Å². The Morgan fingerprint density at radius 1 is 1.10 bits per heavy atom. The molecule has 0 amide bonds. The number of piperidine rings is 2. The first kappa shape index (κ1) is 13.1. The molecule has 2 aromatic rings. The van der Waals surface area contributed by atoms with Crippen LogP contribution in [0.4, 0.5) is 5.82 Å². The Bertz CT molecular complexity index is 601. The van der Waals surface area contributed by atoms with Crippen molar-refractivity contribution in [1.82, 2.24) is 20.3 Å². The van der Waals surface area contributed by atoms with Gasteiger partial charge in [0.25, 0.3) is 0 Å². The van der Waals surface area contributed by atoms with Gasteiger partial charge in [0.1, 0.15) is 17.8 Å². The van der Waals surface area contributed by atoms with Crippen LogP contribution in [0.3, 0.4) is 0 Å². The zero-order valence-corrected chi connectivity index (χ0v) is 12.4. The maximum absolute atomic E-state index is 4.56. The largest absolute Gasteiger partial charge is 0.356 e. The molecular formula is C16H23N5. The van der Waals surface area contributed by atoms with Crippen molar-refractivity contribution in [2.24, 2.45) is 11.8 Å². The van der Waals surface area contributed by atoms with Crippen molar-refractivity contribution in [3.05, 3.63) is 18.6 Å². The smallest absolute Gasteiger partial charge is 0.142 e. The molecular weight excluding hydrogens is 262 g/mol. The number of nitrogens with one attached hydrogen (secondary N) is 2. The standard InChI is InChI=1S/C16H23N5/c1-2-13(12-3-6-17-7-4-12)10-21(9-1)16-14-5-8-18-15(14)19-11-20-16/h5,8,11-13,17H,1-4,6-7,9-10H2,(H,18,19,20). The van der Waals surface area contributed by atoms with Gasteiger partial charge in [-0.2, -0.15) is 0 Å². The topological polar surface area (TPSA) is 56.8 Å². The molecule has 21 heavy (non-hydrogen) atoms. The average molecular weight is 285 g/mol. The Kier molecular flexibility index (Phi) is 3.51. The molecule has 0 radical (unpaired) electrons. The molecule has 2 aliphatic heterocycles. The van der Waals surface area contributed by atoms with Crippen molar-refractivity contribution < 1.29 is 0 Å². The highest BCUT2D eigenvalue weighted by molar-refractivity contribution is 5.87. The molecule has 2 fully saturated rings. The number of fused-ring (bicyclic) bond motifs is 1. The van der Waals surface area contributed by atoms with Gasteiger partial charge in [-0.25, -0.2) is 9.97 Å². The van der Waals surface area contributed by atoms with E-state index in [1.165, 1.54) is 38.8 Å². The highest BCUT2D eigenvalue weighted by Gasteiger charge is 2.29. The minimum absolute atomic E-state index is 0.824. The molecule has 4 heterocycles. The predicted octanol–water partition coefficient (Wildman–Crippen LogP) is 2.17. The van der Waals surface area contributed by atoms with Gasteiger partial charge in [0.15, 0.2) is 0 Å². The minimum atomic E-state index is 0.824. The third kappa shape index (κ3) is 2.50. The summed E-state index contributed by atoms with van der Waals surface area (Å²) in [5, 5.41) is 4.64. The molecule has 2 N–H and O–H groups in total. The van der Waals surface area contributed by atoms with Crippen LogP contribution in [0.25, 0.3) is 11.0 Å². The lowest BCUT2D eigenvalue weighted by atomic mass is 9.80. The van der Waals surface area contributed by atoms with Crippen molar-refractivity contribution in [3.8, 4) is 0 Å². The monoisotopic (exact) mass is 285 g/mol. The van der Waals surface area contributed by atoms with Crippen molar-refractivity contribution in [2.45, 2.75) is 25.7 Å². The summed E-state index contributed by atoms with van der Waals surface area (Å²) in [6, 6.07) is 2.10. The quantitative estimate of drug-likeness (QED) is 0.888. The number of rotatable bonds is 2. The minimum Gasteiger partial charge on any atom is -0.356 e. The highest BCUT2D eigenvalue weighted by atomic mass is 15.2. The number of aromatic amines is 1. The number of hydrogen-bond acceptors (Lipinski definition) is 4. The molecule has 5 nitrogen and oxygen atoms in total. The summed E-state index contributed by atoms with van der Waals surface area (Å²) < 4.78 is 0. The molecule has 4 rings (SSSR count). The van der Waals surface area contributed by atoms with Gasteiger partial charge in [0, 0.05) is 19.3 Å². The number of aromatic nitrogens is 3. The maximum atomic E-state index is 4.56. The van der Waals surface area contributed by atoms with E-state index in [1.54, 1.807) is 6.33 Å². The average Bonchev–Trinajstić information content (AvgIpc) is 3.04. The number of anilines is 1. The van der Waals surface area contributed by atoms with Crippen LogP contribution in [0.2, 0.25) is 0 Å². The molecule has 0 saturated carbocycles. The van der Waals surface area contributed by atoms with Gasteiger partial charge >= 0.3 is 0 Å². The maximum Gasteiger partial charge on any atom is 0.142 e.